The number of halogens is 2. The van der Waals surface area contributed by atoms with Crippen LogP contribution in [0.4, 0.5) is 8.78 Å². The van der Waals surface area contributed by atoms with E-state index in [0.29, 0.717) is 17.4 Å². The van der Waals surface area contributed by atoms with E-state index in [0.717, 1.165) is 22.9 Å². The number of hydrogen-bond acceptors (Lipinski definition) is 0. The maximum Gasteiger partial charge on any atom is 0.166 e. The van der Waals surface area contributed by atoms with E-state index in [1.807, 2.05) is 31.2 Å². The van der Waals surface area contributed by atoms with Crippen LogP contribution in [0.2, 0.25) is 0 Å². The number of hydrogen-bond donors (Lipinski definition) is 0. The first-order valence-corrected chi connectivity index (χ1v) is 7.64. The molecule has 0 radical (unpaired) electrons. The van der Waals surface area contributed by atoms with Gasteiger partial charge in [-0.25, -0.2) is 8.78 Å². The van der Waals surface area contributed by atoms with E-state index in [1.165, 1.54) is 5.56 Å². The van der Waals surface area contributed by atoms with E-state index in [9.17, 15) is 8.78 Å². The molecule has 2 heteroatoms. The van der Waals surface area contributed by atoms with E-state index in [1.54, 1.807) is 12.1 Å². The van der Waals surface area contributed by atoms with Crippen LogP contribution in [0.3, 0.4) is 0 Å². The van der Waals surface area contributed by atoms with Crippen LogP contribution in [0.25, 0.3) is 21.9 Å². The molecular formula is C20H18F2. The Kier molecular flexibility index (Phi) is 3.93. The summed E-state index contributed by atoms with van der Waals surface area (Å²) >= 11 is 0. The third kappa shape index (κ3) is 2.50. The van der Waals surface area contributed by atoms with Gasteiger partial charge in [0.15, 0.2) is 11.6 Å². The molecule has 0 nitrogen and oxygen atoms in total. The van der Waals surface area contributed by atoms with Crippen LogP contribution in [-0.2, 0) is 12.8 Å². The summed E-state index contributed by atoms with van der Waals surface area (Å²) in [6.07, 6.45) is 1.47. The summed E-state index contributed by atoms with van der Waals surface area (Å²) < 4.78 is 28.3. The molecule has 0 amide bonds. The number of benzene rings is 3. The average molecular weight is 296 g/mol. The van der Waals surface area contributed by atoms with Crippen LogP contribution >= 0.6 is 0 Å². The van der Waals surface area contributed by atoms with Gasteiger partial charge in [0.25, 0.3) is 0 Å². The zero-order valence-electron chi connectivity index (χ0n) is 12.8. The van der Waals surface area contributed by atoms with Gasteiger partial charge in [-0.2, -0.15) is 0 Å². The lowest BCUT2D eigenvalue weighted by molar-refractivity contribution is 0.508. The monoisotopic (exact) mass is 296 g/mol. The highest BCUT2D eigenvalue weighted by Gasteiger charge is 2.13. The van der Waals surface area contributed by atoms with E-state index < -0.39 is 11.6 Å². The number of fused-ring (bicyclic) bond motifs is 1. The number of rotatable bonds is 3. The summed E-state index contributed by atoms with van der Waals surface area (Å²) in [7, 11) is 0. The lowest BCUT2D eigenvalue weighted by Crippen LogP contribution is -1.95. The largest absolute Gasteiger partial charge is 0.203 e. The molecule has 22 heavy (non-hydrogen) atoms. The molecule has 112 valence electrons. The molecule has 3 aromatic carbocycles. The van der Waals surface area contributed by atoms with E-state index in [-0.39, 0.29) is 0 Å². The zero-order chi connectivity index (χ0) is 15.7. The van der Waals surface area contributed by atoms with Gasteiger partial charge in [-0.3, -0.25) is 0 Å². The first-order chi connectivity index (χ1) is 10.6. The fourth-order valence-corrected chi connectivity index (χ4v) is 2.75. The molecule has 0 unspecified atom stereocenters. The topological polar surface area (TPSA) is 0 Å². The summed E-state index contributed by atoms with van der Waals surface area (Å²) in [5.74, 6) is -1.48. The van der Waals surface area contributed by atoms with Gasteiger partial charge < -0.3 is 0 Å². The average Bonchev–Trinajstić information content (AvgIpc) is 2.58. The van der Waals surface area contributed by atoms with Crippen LogP contribution in [0.15, 0.2) is 48.5 Å². The smallest absolute Gasteiger partial charge is 0.166 e. The van der Waals surface area contributed by atoms with Crippen molar-refractivity contribution in [1.29, 1.82) is 0 Å². The van der Waals surface area contributed by atoms with Crippen molar-refractivity contribution in [2.45, 2.75) is 26.7 Å². The van der Waals surface area contributed by atoms with Crippen molar-refractivity contribution < 1.29 is 8.78 Å². The highest BCUT2D eigenvalue weighted by Crippen LogP contribution is 2.29. The third-order valence-corrected chi connectivity index (χ3v) is 4.17. The molecule has 0 atom stereocenters. The van der Waals surface area contributed by atoms with Gasteiger partial charge in [0, 0.05) is 5.39 Å². The van der Waals surface area contributed by atoms with Crippen LogP contribution < -0.4 is 0 Å². The summed E-state index contributed by atoms with van der Waals surface area (Å²) in [5, 5.41) is 1.08. The molecule has 0 aromatic heterocycles. The lowest BCUT2D eigenvalue weighted by atomic mass is 9.98. The summed E-state index contributed by atoms with van der Waals surface area (Å²) in [4.78, 5) is 0. The van der Waals surface area contributed by atoms with Crippen molar-refractivity contribution in [1.82, 2.24) is 0 Å². The molecule has 0 aliphatic carbocycles. The fraction of sp³-hybridized carbons (Fsp3) is 0.200. The molecule has 3 rings (SSSR count). The minimum Gasteiger partial charge on any atom is -0.203 e. The van der Waals surface area contributed by atoms with Crippen molar-refractivity contribution >= 4 is 10.8 Å². The SMILES string of the molecule is CCc1ccc(-c2ccc3cc(CC)c(F)c(F)c3c2)cc1. The normalized spacial score (nSPS) is 11.1. The second-order valence-electron chi connectivity index (χ2n) is 5.50. The molecule has 0 aliphatic rings. The molecule has 0 N–H and O–H groups in total. The summed E-state index contributed by atoms with van der Waals surface area (Å²) in [6, 6.07) is 15.5. The van der Waals surface area contributed by atoms with Crippen molar-refractivity contribution in [3.63, 3.8) is 0 Å². The zero-order valence-corrected chi connectivity index (χ0v) is 12.8. The van der Waals surface area contributed by atoms with Crippen LogP contribution in [0.5, 0.6) is 0 Å². The molecule has 0 fully saturated rings. The van der Waals surface area contributed by atoms with Gasteiger partial charge in [-0.1, -0.05) is 50.2 Å². The Morgan fingerprint density at radius 2 is 1.41 bits per heavy atom. The van der Waals surface area contributed by atoms with Crippen molar-refractivity contribution in [3.8, 4) is 11.1 Å². The van der Waals surface area contributed by atoms with Crippen molar-refractivity contribution in [2.75, 3.05) is 0 Å². The van der Waals surface area contributed by atoms with Crippen LogP contribution in [-0.4, -0.2) is 0 Å². The predicted molar refractivity (Wildman–Crippen MR) is 88.1 cm³/mol. The molecule has 0 saturated heterocycles. The number of aryl methyl sites for hydroxylation is 2. The quantitative estimate of drug-likeness (QED) is 0.563. The third-order valence-electron chi connectivity index (χ3n) is 4.17. The van der Waals surface area contributed by atoms with Gasteiger partial charge in [-0.15, -0.1) is 0 Å². The second-order valence-corrected chi connectivity index (χ2v) is 5.50. The van der Waals surface area contributed by atoms with E-state index in [4.69, 9.17) is 0 Å². The van der Waals surface area contributed by atoms with Gasteiger partial charge in [-0.05, 0) is 52.6 Å². The standard InChI is InChI=1S/C20H18F2/c1-3-13-5-7-15(8-6-13)16-9-10-17-11-14(4-2)19(21)20(22)18(17)12-16/h5-12H,3-4H2,1-2H3. The Balaban J connectivity index is 2.14. The molecule has 0 aliphatic heterocycles. The minimum atomic E-state index is -0.749. The Bertz CT molecular complexity index is 817. The van der Waals surface area contributed by atoms with Gasteiger partial charge in [0.1, 0.15) is 0 Å². The van der Waals surface area contributed by atoms with Gasteiger partial charge in [0.2, 0.25) is 0 Å². The Morgan fingerprint density at radius 1 is 0.727 bits per heavy atom. The summed E-state index contributed by atoms with van der Waals surface area (Å²) in [6.45, 7) is 3.93. The molecule has 0 bridgehead atoms. The van der Waals surface area contributed by atoms with Crippen molar-refractivity contribution in [2.24, 2.45) is 0 Å². The first kappa shape index (κ1) is 14.7. The lowest BCUT2D eigenvalue weighted by Gasteiger charge is -2.09. The van der Waals surface area contributed by atoms with Crippen molar-refractivity contribution in [3.05, 3.63) is 71.3 Å². The molecule has 3 aromatic rings. The predicted octanol–water partition coefficient (Wildman–Crippen LogP) is 5.91. The van der Waals surface area contributed by atoms with Gasteiger partial charge in [0.05, 0.1) is 0 Å². The molecule has 0 heterocycles. The highest BCUT2D eigenvalue weighted by atomic mass is 19.2. The molecule has 0 spiro atoms. The highest BCUT2D eigenvalue weighted by molar-refractivity contribution is 5.88. The fourth-order valence-electron chi connectivity index (χ4n) is 2.75. The second kappa shape index (κ2) is 5.88. The molecular weight excluding hydrogens is 278 g/mol. The minimum absolute atomic E-state index is 0.340. The maximum atomic E-state index is 14.3. The van der Waals surface area contributed by atoms with Crippen LogP contribution in [0, 0.1) is 11.6 Å². The van der Waals surface area contributed by atoms with Crippen LogP contribution in [0.1, 0.15) is 25.0 Å². The van der Waals surface area contributed by atoms with Gasteiger partial charge >= 0.3 is 0 Å². The first-order valence-electron chi connectivity index (χ1n) is 7.64. The Hall–Kier alpha value is -2.22. The van der Waals surface area contributed by atoms with E-state index in [2.05, 4.69) is 19.1 Å². The molecule has 0 saturated carbocycles. The Labute approximate surface area is 129 Å². The maximum absolute atomic E-state index is 14.3. The Morgan fingerprint density at radius 3 is 2.05 bits per heavy atom. The summed E-state index contributed by atoms with van der Waals surface area (Å²) in [5.41, 5.74) is 3.59. The van der Waals surface area contributed by atoms with E-state index >= 15 is 0 Å².